The van der Waals surface area contributed by atoms with Crippen LogP contribution >= 0.6 is 0 Å². The van der Waals surface area contributed by atoms with Gasteiger partial charge in [-0.3, -0.25) is 5.10 Å². The largest absolute Gasteiger partial charge is 0.366 e. The van der Waals surface area contributed by atoms with E-state index in [4.69, 9.17) is 10.3 Å². The van der Waals surface area contributed by atoms with Gasteiger partial charge in [-0.2, -0.15) is 9.97 Å². The summed E-state index contributed by atoms with van der Waals surface area (Å²) in [5.74, 6) is 0.970. The van der Waals surface area contributed by atoms with Gasteiger partial charge in [-0.25, -0.2) is 9.97 Å². The number of nitrogens with two attached hydrogens (primary N) is 1. The van der Waals surface area contributed by atoms with Gasteiger partial charge in [0, 0.05) is 6.20 Å². The van der Waals surface area contributed by atoms with Gasteiger partial charge >= 0.3 is 0 Å². The summed E-state index contributed by atoms with van der Waals surface area (Å²) in [5, 5.41) is 10.0. The van der Waals surface area contributed by atoms with Crippen LogP contribution in [0.2, 0.25) is 0 Å². The molecule has 0 saturated heterocycles. The highest BCUT2D eigenvalue weighted by atomic mass is 16.5. The zero-order chi connectivity index (χ0) is 11.7. The van der Waals surface area contributed by atoms with Crippen molar-refractivity contribution in [3.05, 3.63) is 18.6 Å². The number of aromatic amines is 1. The minimum Gasteiger partial charge on any atom is -0.366 e. The molecule has 0 aliphatic heterocycles. The number of H-pyrrole nitrogens is 1. The normalized spacial score (nSPS) is 10.6. The summed E-state index contributed by atoms with van der Waals surface area (Å²) in [5.41, 5.74) is 5.93. The third-order valence-electron chi connectivity index (χ3n) is 1.94. The van der Waals surface area contributed by atoms with Crippen molar-refractivity contribution >= 4 is 5.95 Å². The number of hydrogen-bond donors (Lipinski definition) is 2. The van der Waals surface area contributed by atoms with Crippen LogP contribution in [0.4, 0.5) is 5.95 Å². The van der Waals surface area contributed by atoms with Crippen LogP contribution < -0.4 is 5.73 Å². The lowest BCUT2D eigenvalue weighted by atomic mass is 10.4. The molecule has 0 spiro atoms. The topological polar surface area (TPSA) is 132 Å². The van der Waals surface area contributed by atoms with Gasteiger partial charge in [-0.15, -0.1) is 5.10 Å². The molecular formula is C8H6N8O. The summed E-state index contributed by atoms with van der Waals surface area (Å²) in [7, 11) is 0. The van der Waals surface area contributed by atoms with Crippen molar-refractivity contribution in [3.63, 3.8) is 0 Å². The van der Waals surface area contributed by atoms with E-state index in [1.807, 2.05) is 0 Å². The average Bonchev–Trinajstić information content (AvgIpc) is 2.98. The van der Waals surface area contributed by atoms with Crippen LogP contribution in [0.15, 0.2) is 23.1 Å². The highest BCUT2D eigenvalue weighted by Gasteiger charge is 2.14. The number of nitrogen functional groups attached to an aromatic ring is 1. The first-order valence-electron chi connectivity index (χ1n) is 4.61. The molecule has 9 nitrogen and oxygen atoms in total. The van der Waals surface area contributed by atoms with Gasteiger partial charge in [0.2, 0.25) is 17.6 Å². The van der Waals surface area contributed by atoms with E-state index in [0.717, 1.165) is 0 Å². The van der Waals surface area contributed by atoms with E-state index in [-0.39, 0.29) is 11.8 Å². The van der Waals surface area contributed by atoms with Crippen LogP contribution in [0.3, 0.4) is 0 Å². The summed E-state index contributed by atoms with van der Waals surface area (Å²) in [6, 6.07) is 1.67. The highest BCUT2D eigenvalue weighted by molar-refractivity contribution is 5.51. The Morgan fingerprint density at radius 3 is 2.94 bits per heavy atom. The Morgan fingerprint density at radius 1 is 1.29 bits per heavy atom. The summed E-state index contributed by atoms with van der Waals surface area (Å²) in [6.45, 7) is 0. The van der Waals surface area contributed by atoms with Gasteiger partial charge in [0.1, 0.15) is 12.0 Å². The maximum atomic E-state index is 5.37. The highest BCUT2D eigenvalue weighted by Crippen LogP contribution is 2.17. The zero-order valence-corrected chi connectivity index (χ0v) is 8.40. The third-order valence-corrected chi connectivity index (χ3v) is 1.94. The van der Waals surface area contributed by atoms with E-state index in [1.165, 1.54) is 6.33 Å². The first-order valence-corrected chi connectivity index (χ1v) is 4.61. The molecule has 0 atom stereocenters. The van der Waals surface area contributed by atoms with Gasteiger partial charge in [-0.1, -0.05) is 5.16 Å². The molecule has 0 aromatic carbocycles. The molecule has 0 aliphatic carbocycles. The fourth-order valence-corrected chi connectivity index (χ4v) is 1.22. The molecule has 0 aliphatic rings. The van der Waals surface area contributed by atoms with Crippen molar-refractivity contribution in [2.45, 2.75) is 0 Å². The van der Waals surface area contributed by atoms with Crippen molar-refractivity contribution in [2.75, 3.05) is 5.73 Å². The van der Waals surface area contributed by atoms with E-state index in [2.05, 4.69) is 35.3 Å². The minimum absolute atomic E-state index is 0.113. The number of aromatic nitrogens is 7. The average molecular weight is 230 g/mol. The molecule has 9 heteroatoms. The Bertz CT molecular complexity index is 630. The van der Waals surface area contributed by atoms with Crippen LogP contribution in [0.25, 0.3) is 23.2 Å². The predicted octanol–water partition coefficient (Wildman–Crippen LogP) is -0.106. The van der Waals surface area contributed by atoms with Crippen molar-refractivity contribution in [2.24, 2.45) is 0 Å². The fourth-order valence-electron chi connectivity index (χ4n) is 1.22. The number of rotatable bonds is 2. The Balaban J connectivity index is 1.99. The van der Waals surface area contributed by atoms with Crippen molar-refractivity contribution in [1.29, 1.82) is 0 Å². The van der Waals surface area contributed by atoms with Gasteiger partial charge in [-0.05, 0) is 6.07 Å². The summed E-state index contributed by atoms with van der Waals surface area (Å²) in [6.07, 6.45) is 2.99. The Morgan fingerprint density at radius 2 is 2.24 bits per heavy atom. The smallest absolute Gasteiger partial charge is 0.295 e. The van der Waals surface area contributed by atoms with Crippen LogP contribution in [0.5, 0.6) is 0 Å². The van der Waals surface area contributed by atoms with E-state index in [1.54, 1.807) is 12.3 Å². The third kappa shape index (κ3) is 1.69. The predicted molar refractivity (Wildman–Crippen MR) is 55.1 cm³/mol. The first-order chi connectivity index (χ1) is 8.33. The molecule has 0 fully saturated rings. The van der Waals surface area contributed by atoms with E-state index in [9.17, 15) is 0 Å². The van der Waals surface area contributed by atoms with Gasteiger partial charge in [0.15, 0.2) is 0 Å². The van der Waals surface area contributed by atoms with Crippen LogP contribution in [-0.4, -0.2) is 35.3 Å². The van der Waals surface area contributed by atoms with Gasteiger partial charge in [0.05, 0.1) is 0 Å². The lowest BCUT2D eigenvalue weighted by molar-refractivity contribution is 0.429. The summed E-state index contributed by atoms with van der Waals surface area (Å²) < 4.78 is 5.01. The second kappa shape index (κ2) is 3.63. The lowest BCUT2D eigenvalue weighted by Crippen LogP contribution is -1.87. The summed E-state index contributed by atoms with van der Waals surface area (Å²) in [4.78, 5) is 15.8. The van der Waals surface area contributed by atoms with E-state index in [0.29, 0.717) is 17.3 Å². The molecule has 0 bridgehead atoms. The maximum absolute atomic E-state index is 5.37. The Labute approximate surface area is 94.1 Å². The molecular weight excluding hydrogens is 224 g/mol. The molecule has 3 heterocycles. The van der Waals surface area contributed by atoms with Crippen molar-refractivity contribution in [1.82, 2.24) is 35.3 Å². The lowest BCUT2D eigenvalue weighted by Gasteiger charge is -1.88. The minimum atomic E-state index is 0.113. The Hall–Kier alpha value is -2.84. The monoisotopic (exact) mass is 230 g/mol. The SMILES string of the molecule is Nc1n[nH]c(-c2nc(-c3ccncn3)no2)n1. The first kappa shape index (κ1) is 9.39. The zero-order valence-electron chi connectivity index (χ0n) is 8.40. The number of nitrogens with zero attached hydrogens (tertiary/aromatic N) is 6. The molecule has 0 unspecified atom stereocenters. The molecule has 3 aromatic heterocycles. The molecule has 3 aromatic rings. The van der Waals surface area contributed by atoms with Crippen molar-refractivity contribution in [3.8, 4) is 23.2 Å². The molecule has 84 valence electrons. The standard InChI is InChI=1S/C8H6N8O/c9-8-13-6(14-15-8)7-12-5(16-17-7)4-1-2-10-3-11-4/h1-3H,(H3,9,13,14,15). The van der Waals surface area contributed by atoms with Gasteiger partial charge in [0.25, 0.3) is 5.89 Å². The quantitative estimate of drug-likeness (QED) is 0.623. The fraction of sp³-hybridized carbons (Fsp3) is 0. The van der Waals surface area contributed by atoms with Crippen LogP contribution in [0, 0.1) is 0 Å². The molecule has 17 heavy (non-hydrogen) atoms. The molecule has 3 N–H and O–H groups in total. The van der Waals surface area contributed by atoms with Gasteiger partial charge < -0.3 is 10.3 Å². The van der Waals surface area contributed by atoms with Crippen LogP contribution in [-0.2, 0) is 0 Å². The summed E-state index contributed by atoms with van der Waals surface area (Å²) >= 11 is 0. The number of anilines is 1. The molecule has 0 radical (unpaired) electrons. The van der Waals surface area contributed by atoms with E-state index >= 15 is 0 Å². The molecule has 0 saturated carbocycles. The second-order valence-electron chi connectivity index (χ2n) is 3.06. The molecule has 3 rings (SSSR count). The maximum Gasteiger partial charge on any atom is 0.295 e. The number of nitrogens with one attached hydrogen (secondary N) is 1. The molecule has 0 amide bonds. The Kier molecular flexibility index (Phi) is 2.00. The van der Waals surface area contributed by atoms with Crippen molar-refractivity contribution < 1.29 is 4.52 Å². The second-order valence-corrected chi connectivity index (χ2v) is 3.06. The van der Waals surface area contributed by atoms with E-state index < -0.39 is 0 Å². The van der Waals surface area contributed by atoms with Crippen LogP contribution in [0.1, 0.15) is 0 Å². The number of hydrogen-bond acceptors (Lipinski definition) is 8.